The zero-order chi connectivity index (χ0) is 30.2. The molecule has 0 spiro atoms. The van der Waals surface area contributed by atoms with Crippen LogP contribution in [0.3, 0.4) is 0 Å². The Morgan fingerprint density at radius 3 is 2.24 bits per heavy atom. The van der Waals surface area contributed by atoms with Crippen LogP contribution in [0.15, 0.2) is 77.7 Å². The SMILES string of the molecule is CC[C@@H](C)NC(=O)[C@@H](C)N(CCc1ccccc1)C(=O)CN(c1ccc(OC)c(Cl)c1)S(=O)(=O)c1ccc(C)cc1. The molecule has 2 atom stereocenters. The molecule has 0 aliphatic carbocycles. The van der Waals surface area contributed by atoms with E-state index in [1.165, 1.54) is 36.3 Å². The molecule has 0 fully saturated rings. The number of sulfonamides is 1. The summed E-state index contributed by atoms with van der Waals surface area (Å²) < 4.78 is 34.1. The first-order chi connectivity index (χ1) is 19.5. The highest BCUT2D eigenvalue weighted by molar-refractivity contribution is 7.92. The topological polar surface area (TPSA) is 96.0 Å². The molecular formula is C31H38ClN3O5S. The van der Waals surface area contributed by atoms with Crippen LogP contribution in [0.25, 0.3) is 0 Å². The molecule has 10 heteroatoms. The van der Waals surface area contributed by atoms with E-state index in [9.17, 15) is 18.0 Å². The maximum Gasteiger partial charge on any atom is 0.264 e. The Balaban J connectivity index is 2.01. The van der Waals surface area contributed by atoms with E-state index in [0.29, 0.717) is 12.2 Å². The van der Waals surface area contributed by atoms with Gasteiger partial charge in [0.15, 0.2) is 0 Å². The van der Waals surface area contributed by atoms with Crippen LogP contribution in [0.2, 0.25) is 5.02 Å². The van der Waals surface area contributed by atoms with Crippen molar-refractivity contribution in [3.8, 4) is 5.75 Å². The van der Waals surface area contributed by atoms with E-state index in [2.05, 4.69) is 5.32 Å². The van der Waals surface area contributed by atoms with Gasteiger partial charge in [-0.1, -0.05) is 66.6 Å². The largest absolute Gasteiger partial charge is 0.495 e. The summed E-state index contributed by atoms with van der Waals surface area (Å²) in [6.07, 6.45) is 1.23. The third kappa shape index (κ3) is 8.24. The molecule has 0 saturated carbocycles. The number of hydrogen-bond acceptors (Lipinski definition) is 5. The van der Waals surface area contributed by atoms with Crippen molar-refractivity contribution in [3.05, 3.63) is 88.9 Å². The number of nitrogens with zero attached hydrogens (tertiary/aromatic N) is 2. The Labute approximate surface area is 248 Å². The highest BCUT2D eigenvalue weighted by atomic mass is 35.5. The summed E-state index contributed by atoms with van der Waals surface area (Å²) >= 11 is 6.37. The average Bonchev–Trinajstić information content (AvgIpc) is 2.96. The molecule has 0 radical (unpaired) electrons. The molecule has 0 saturated heterocycles. The number of hydrogen-bond donors (Lipinski definition) is 1. The minimum absolute atomic E-state index is 0.0289. The van der Waals surface area contributed by atoms with Crippen LogP contribution in [0.1, 0.15) is 38.3 Å². The lowest BCUT2D eigenvalue weighted by Gasteiger charge is -2.32. The van der Waals surface area contributed by atoms with Gasteiger partial charge in [-0.25, -0.2) is 8.42 Å². The number of nitrogens with one attached hydrogen (secondary N) is 1. The first kappa shape index (κ1) is 32.0. The summed E-state index contributed by atoms with van der Waals surface area (Å²) in [7, 11) is -2.73. The fraction of sp³-hybridized carbons (Fsp3) is 0.355. The second-order valence-corrected chi connectivity index (χ2v) is 12.2. The van der Waals surface area contributed by atoms with Gasteiger partial charge in [-0.3, -0.25) is 13.9 Å². The smallest absolute Gasteiger partial charge is 0.264 e. The van der Waals surface area contributed by atoms with Crippen molar-refractivity contribution >= 4 is 39.1 Å². The molecular weight excluding hydrogens is 562 g/mol. The lowest BCUT2D eigenvalue weighted by atomic mass is 10.1. The number of ether oxygens (including phenoxy) is 1. The predicted molar refractivity (Wildman–Crippen MR) is 163 cm³/mol. The van der Waals surface area contributed by atoms with E-state index in [1.807, 2.05) is 51.1 Å². The molecule has 0 aromatic heterocycles. The highest BCUT2D eigenvalue weighted by Crippen LogP contribution is 2.32. The van der Waals surface area contributed by atoms with Crippen molar-refractivity contribution in [2.45, 2.75) is 57.5 Å². The predicted octanol–water partition coefficient (Wildman–Crippen LogP) is 5.23. The quantitative estimate of drug-likeness (QED) is 0.290. The number of rotatable bonds is 13. The summed E-state index contributed by atoms with van der Waals surface area (Å²) in [6.45, 7) is 7.06. The normalized spacial score (nSPS) is 12.7. The van der Waals surface area contributed by atoms with Crippen LogP contribution in [0.5, 0.6) is 5.75 Å². The first-order valence-corrected chi connectivity index (χ1v) is 15.4. The van der Waals surface area contributed by atoms with Crippen LogP contribution in [-0.4, -0.2) is 57.4 Å². The second-order valence-electron chi connectivity index (χ2n) is 9.96. The molecule has 0 aliphatic heterocycles. The van der Waals surface area contributed by atoms with Gasteiger partial charge >= 0.3 is 0 Å². The van der Waals surface area contributed by atoms with Crippen molar-refractivity contribution in [1.82, 2.24) is 10.2 Å². The second kappa shape index (κ2) is 14.4. The number of amides is 2. The van der Waals surface area contributed by atoms with Crippen molar-refractivity contribution < 1.29 is 22.7 Å². The van der Waals surface area contributed by atoms with Crippen LogP contribution in [0.4, 0.5) is 5.69 Å². The standard InChI is InChI=1S/C31H38ClN3O5S/c1-6-23(3)33-31(37)24(4)34(19-18-25-10-8-7-9-11-25)30(36)21-35(26-14-17-29(40-5)28(32)20-26)41(38,39)27-15-12-22(2)13-16-27/h7-17,20,23-24H,6,18-19,21H2,1-5H3,(H,33,37)/t23-,24-/m1/s1. The number of halogens is 1. The first-order valence-electron chi connectivity index (χ1n) is 13.5. The zero-order valence-electron chi connectivity index (χ0n) is 24.1. The van der Waals surface area contributed by atoms with Crippen LogP contribution >= 0.6 is 11.6 Å². The van der Waals surface area contributed by atoms with Crippen LogP contribution < -0.4 is 14.4 Å². The zero-order valence-corrected chi connectivity index (χ0v) is 25.7. The molecule has 1 N–H and O–H groups in total. The Hall–Kier alpha value is -3.56. The van der Waals surface area contributed by atoms with E-state index in [4.69, 9.17) is 16.3 Å². The summed E-state index contributed by atoms with van der Waals surface area (Å²) in [5.41, 5.74) is 2.09. The van der Waals surface area contributed by atoms with Gasteiger partial charge in [0.1, 0.15) is 18.3 Å². The Bertz CT molecular complexity index is 1430. The van der Waals surface area contributed by atoms with E-state index in [1.54, 1.807) is 25.1 Å². The van der Waals surface area contributed by atoms with Gasteiger partial charge in [0.25, 0.3) is 10.0 Å². The van der Waals surface area contributed by atoms with Gasteiger partial charge in [-0.2, -0.15) is 0 Å². The number of anilines is 1. The minimum Gasteiger partial charge on any atom is -0.495 e. The summed E-state index contributed by atoms with van der Waals surface area (Å²) in [5, 5.41) is 3.13. The van der Waals surface area contributed by atoms with Crippen molar-refractivity contribution in [3.63, 3.8) is 0 Å². The molecule has 0 bridgehead atoms. The molecule has 2 amide bonds. The third-order valence-electron chi connectivity index (χ3n) is 6.96. The van der Waals surface area contributed by atoms with E-state index in [0.717, 1.165) is 21.9 Å². The molecule has 0 heterocycles. The maximum absolute atomic E-state index is 14.0. The lowest BCUT2D eigenvalue weighted by molar-refractivity contribution is -0.139. The number of benzene rings is 3. The third-order valence-corrected chi connectivity index (χ3v) is 9.05. The van der Waals surface area contributed by atoms with Gasteiger partial charge in [0.2, 0.25) is 11.8 Å². The van der Waals surface area contributed by atoms with Crippen molar-refractivity contribution in [2.75, 3.05) is 24.5 Å². The molecule has 3 rings (SSSR count). The Morgan fingerprint density at radius 1 is 1.00 bits per heavy atom. The van der Waals surface area contributed by atoms with E-state index < -0.39 is 28.5 Å². The average molecular weight is 600 g/mol. The monoisotopic (exact) mass is 599 g/mol. The number of carbonyl (C=O) groups excluding carboxylic acids is 2. The summed E-state index contributed by atoms with van der Waals surface area (Å²) in [4.78, 5) is 28.6. The fourth-order valence-electron chi connectivity index (χ4n) is 4.21. The van der Waals surface area contributed by atoms with Gasteiger partial charge in [0, 0.05) is 12.6 Å². The molecule has 3 aromatic carbocycles. The molecule has 8 nitrogen and oxygen atoms in total. The summed E-state index contributed by atoms with van der Waals surface area (Å²) in [6, 6.07) is 19.6. The molecule has 3 aromatic rings. The Morgan fingerprint density at radius 2 is 1.66 bits per heavy atom. The van der Waals surface area contributed by atoms with Gasteiger partial charge < -0.3 is 15.0 Å². The van der Waals surface area contributed by atoms with E-state index >= 15 is 0 Å². The minimum atomic E-state index is -4.19. The Kier molecular flexibility index (Phi) is 11.2. The number of aryl methyl sites for hydroxylation is 1. The van der Waals surface area contributed by atoms with E-state index in [-0.39, 0.29) is 34.1 Å². The van der Waals surface area contributed by atoms with Crippen LogP contribution in [-0.2, 0) is 26.0 Å². The van der Waals surface area contributed by atoms with Crippen molar-refractivity contribution in [2.24, 2.45) is 0 Å². The molecule has 0 aliphatic rings. The fourth-order valence-corrected chi connectivity index (χ4v) is 5.87. The van der Waals surface area contributed by atoms with Gasteiger partial charge in [-0.15, -0.1) is 0 Å². The molecule has 220 valence electrons. The summed E-state index contributed by atoms with van der Waals surface area (Å²) in [5.74, 6) is -0.453. The molecule has 41 heavy (non-hydrogen) atoms. The highest BCUT2D eigenvalue weighted by Gasteiger charge is 2.33. The van der Waals surface area contributed by atoms with Crippen LogP contribution in [0, 0.1) is 6.92 Å². The molecule has 0 unspecified atom stereocenters. The van der Waals surface area contributed by atoms with Gasteiger partial charge in [-0.05, 0) is 69.5 Å². The van der Waals surface area contributed by atoms with Crippen molar-refractivity contribution in [1.29, 1.82) is 0 Å². The number of methoxy groups -OCH3 is 1. The van der Waals surface area contributed by atoms with Gasteiger partial charge in [0.05, 0.1) is 22.7 Å². The lowest BCUT2D eigenvalue weighted by Crippen LogP contribution is -2.53. The number of carbonyl (C=O) groups is 2. The maximum atomic E-state index is 14.0.